The van der Waals surface area contributed by atoms with Crippen LogP contribution in [-0.4, -0.2) is 4.92 Å². The van der Waals surface area contributed by atoms with Crippen molar-refractivity contribution in [3.8, 4) is 6.07 Å². The first-order chi connectivity index (χ1) is 7.13. The monoisotopic (exact) mass is 204 g/mol. The van der Waals surface area contributed by atoms with Gasteiger partial charge in [0.05, 0.1) is 11.0 Å². The van der Waals surface area contributed by atoms with Crippen molar-refractivity contribution in [2.75, 3.05) is 0 Å². The number of benzene rings is 1. The van der Waals surface area contributed by atoms with Crippen LogP contribution in [0.15, 0.2) is 24.3 Å². The Bertz CT molecular complexity index is 396. The molecule has 0 aliphatic heterocycles. The number of nitrogens with zero attached hydrogens (tertiary/aromatic N) is 2. The smallest absolute Gasteiger partial charge is 0.258 e. The average molecular weight is 204 g/mol. The summed E-state index contributed by atoms with van der Waals surface area (Å²) >= 11 is 0. The number of rotatable bonds is 4. The molecule has 0 aliphatic carbocycles. The summed E-state index contributed by atoms with van der Waals surface area (Å²) in [6.07, 6.45) is 1.44. The Labute approximate surface area is 88.3 Å². The fourth-order valence-electron chi connectivity index (χ4n) is 1.27. The Kier molecular flexibility index (Phi) is 3.81. The second-order valence-corrected chi connectivity index (χ2v) is 3.50. The van der Waals surface area contributed by atoms with E-state index in [2.05, 4.69) is 6.07 Å². The lowest BCUT2D eigenvalue weighted by Crippen LogP contribution is -1.95. The molecule has 0 bridgehead atoms. The standard InChI is InChI=1S/C11H12N2O2/c1-9(8-12)5-6-10-3-2-4-11(7-10)13(14)15/h2-4,7,9H,5-6H2,1H3. The molecular weight excluding hydrogens is 192 g/mol. The first kappa shape index (κ1) is 11.2. The predicted molar refractivity (Wildman–Crippen MR) is 56.2 cm³/mol. The van der Waals surface area contributed by atoms with Crippen molar-refractivity contribution in [3.05, 3.63) is 39.9 Å². The van der Waals surface area contributed by atoms with Crippen LogP contribution < -0.4 is 0 Å². The molecule has 0 radical (unpaired) electrons. The van der Waals surface area contributed by atoms with Gasteiger partial charge in [0, 0.05) is 18.1 Å². The van der Waals surface area contributed by atoms with Gasteiger partial charge in [-0.1, -0.05) is 12.1 Å². The van der Waals surface area contributed by atoms with Gasteiger partial charge >= 0.3 is 0 Å². The Morgan fingerprint density at radius 3 is 2.93 bits per heavy atom. The summed E-state index contributed by atoms with van der Waals surface area (Å²) in [5.74, 6) is -0.00994. The number of hydrogen-bond donors (Lipinski definition) is 0. The quantitative estimate of drug-likeness (QED) is 0.559. The molecule has 1 unspecified atom stereocenters. The summed E-state index contributed by atoms with van der Waals surface area (Å²) in [5.41, 5.74) is 1.02. The normalized spacial score (nSPS) is 11.7. The Morgan fingerprint density at radius 1 is 1.60 bits per heavy atom. The molecule has 4 nitrogen and oxygen atoms in total. The maximum Gasteiger partial charge on any atom is 0.269 e. The van der Waals surface area contributed by atoms with Crippen LogP contribution in [0.3, 0.4) is 0 Å². The lowest BCUT2D eigenvalue weighted by molar-refractivity contribution is -0.384. The summed E-state index contributed by atoms with van der Waals surface area (Å²) in [6.45, 7) is 1.84. The lowest BCUT2D eigenvalue weighted by atomic mass is 10.0. The molecule has 0 aromatic heterocycles. The first-order valence-electron chi connectivity index (χ1n) is 4.76. The molecule has 1 aromatic rings. The van der Waals surface area contributed by atoms with Gasteiger partial charge in [0.25, 0.3) is 5.69 Å². The minimum Gasteiger partial charge on any atom is -0.258 e. The molecule has 1 aromatic carbocycles. The van der Waals surface area contributed by atoms with E-state index in [0.29, 0.717) is 6.42 Å². The molecule has 0 saturated heterocycles. The maximum absolute atomic E-state index is 10.5. The van der Waals surface area contributed by atoms with E-state index < -0.39 is 4.92 Å². The molecule has 0 spiro atoms. The summed E-state index contributed by atoms with van der Waals surface area (Å²) in [4.78, 5) is 10.1. The van der Waals surface area contributed by atoms with Gasteiger partial charge < -0.3 is 0 Å². The minimum absolute atomic E-state index is 0.00994. The number of hydrogen-bond acceptors (Lipinski definition) is 3. The summed E-state index contributed by atoms with van der Waals surface area (Å²) in [6, 6.07) is 8.68. The van der Waals surface area contributed by atoms with Crippen LogP contribution in [0.5, 0.6) is 0 Å². The third-order valence-corrected chi connectivity index (χ3v) is 2.21. The zero-order valence-electron chi connectivity index (χ0n) is 8.51. The lowest BCUT2D eigenvalue weighted by Gasteiger charge is -2.02. The van der Waals surface area contributed by atoms with E-state index in [1.165, 1.54) is 6.07 Å². The van der Waals surface area contributed by atoms with Gasteiger partial charge in [-0.25, -0.2) is 0 Å². The number of nitro benzene ring substituents is 1. The highest BCUT2D eigenvalue weighted by molar-refractivity contribution is 5.34. The van der Waals surface area contributed by atoms with Crippen molar-refractivity contribution in [2.45, 2.75) is 19.8 Å². The molecule has 0 saturated carbocycles. The van der Waals surface area contributed by atoms with Crippen molar-refractivity contribution in [2.24, 2.45) is 5.92 Å². The largest absolute Gasteiger partial charge is 0.269 e. The molecule has 1 rings (SSSR count). The van der Waals surface area contributed by atoms with Crippen LogP contribution in [-0.2, 0) is 6.42 Å². The van der Waals surface area contributed by atoms with E-state index in [1.807, 2.05) is 13.0 Å². The molecule has 0 N–H and O–H groups in total. The number of aryl methyl sites for hydroxylation is 1. The molecular formula is C11H12N2O2. The van der Waals surface area contributed by atoms with Crippen LogP contribution >= 0.6 is 0 Å². The molecule has 0 amide bonds. The fraction of sp³-hybridized carbons (Fsp3) is 0.364. The third kappa shape index (κ3) is 3.39. The molecule has 1 atom stereocenters. The maximum atomic E-state index is 10.5. The average Bonchev–Trinajstić information content (AvgIpc) is 2.26. The van der Waals surface area contributed by atoms with Gasteiger partial charge in [-0.05, 0) is 25.3 Å². The van der Waals surface area contributed by atoms with Crippen molar-refractivity contribution in [1.29, 1.82) is 5.26 Å². The second kappa shape index (κ2) is 5.11. The van der Waals surface area contributed by atoms with E-state index in [-0.39, 0.29) is 11.6 Å². The highest BCUT2D eigenvalue weighted by atomic mass is 16.6. The summed E-state index contributed by atoms with van der Waals surface area (Å²) in [7, 11) is 0. The van der Waals surface area contributed by atoms with Crippen molar-refractivity contribution >= 4 is 5.69 Å². The topological polar surface area (TPSA) is 66.9 Å². The number of non-ortho nitro benzene ring substituents is 1. The van der Waals surface area contributed by atoms with Crippen LogP contribution in [0.4, 0.5) is 5.69 Å². The van der Waals surface area contributed by atoms with Gasteiger partial charge in [0.2, 0.25) is 0 Å². The Hall–Kier alpha value is -1.89. The van der Waals surface area contributed by atoms with Crippen molar-refractivity contribution in [3.63, 3.8) is 0 Å². The predicted octanol–water partition coefficient (Wildman–Crippen LogP) is 2.69. The zero-order valence-corrected chi connectivity index (χ0v) is 8.51. The zero-order chi connectivity index (χ0) is 11.3. The SMILES string of the molecule is CC(C#N)CCc1cccc([N+](=O)[O-])c1. The highest BCUT2D eigenvalue weighted by Gasteiger charge is 2.06. The van der Waals surface area contributed by atoms with Gasteiger partial charge in [0.15, 0.2) is 0 Å². The molecule has 4 heteroatoms. The van der Waals surface area contributed by atoms with Crippen LogP contribution in [0.25, 0.3) is 0 Å². The molecule has 0 fully saturated rings. The molecule has 78 valence electrons. The molecule has 0 heterocycles. The van der Waals surface area contributed by atoms with E-state index in [4.69, 9.17) is 5.26 Å². The van der Waals surface area contributed by atoms with E-state index >= 15 is 0 Å². The van der Waals surface area contributed by atoms with Gasteiger partial charge in [0.1, 0.15) is 0 Å². The second-order valence-electron chi connectivity index (χ2n) is 3.50. The van der Waals surface area contributed by atoms with Crippen molar-refractivity contribution < 1.29 is 4.92 Å². The third-order valence-electron chi connectivity index (χ3n) is 2.21. The first-order valence-corrected chi connectivity index (χ1v) is 4.76. The van der Waals surface area contributed by atoms with Crippen LogP contribution in [0.2, 0.25) is 0 Å². The van der Waals surface area contributed by atoms with E-state index in [0.717, 1.165) is 12.0 Å². The molecule has 15 heavy (non-hydrogen) atoms. The van der Waals surface area contributed by atoms with E-state index in [1.54, 1.807) is 12.1 Å². The fourth-order valence-corrected chi connectivity index (χ4v) is 1.27. The summed E-state index contributed by atoms with van der Waals surface area (Å²) in [5, 5.41) is 19.1. The molecule has 0 aliphatic rings. The number of nitro groups is 1. The highest BCUT2D eigenvalue weighted by Crippen LogP contribution is 2.15. The van der Waals surface area contributed by atoms with Gasteiger partial charge in [-0.15, -0.1) is 0 Å². The van der Waals surface area contributed by atoms with Gasteiger partial charge in [-0.2, -0.15) is 5.26 Å². The van der Waals surface area contributed by atoms with E-state index in [9.17, 15) is 10.1 Å². The Balaban J connectivity index is 2.67. The Morgan fingerprint density at radius 2 is 2.33 bits per heavy atom. The van der Waals surface area contributed by atoms with Crippen LogP contribution in [0.1, 0.15) is 18.9 Å². The minimum atomic E-state index is -0.406. The number of nitriles is 1. The van der Waals surface area contributed by atoms with Crippen LogP contribution in [0, 0.1) is 27.4 Å². The summed E-state index contributed by atoms with van der Waals surface area (Å²) < 4.78 is 0. The van der Waals surface area contributed by atoms with Crippen molar-refractivity contribution in [1.82, 2.24) is 0 Å². The van der Waals surface area contributed by atoms with Gasteiger partial charge in [-0.3, -0.25) is 10.1 Å².